The molecule has 6 heteroatoms. The minimum atomic E-state index is 0.340. The molecule has 116 valence electrons. The molecule has 0 spiro atoms. The molecule has 1 aliphatic rings. The zero-order valence-corrected chi connectivity index (χ0v) is 13.1. The molecule has 0 aromatic carbocycles. The van der Waals surface area contributed by atoms with Gasteiger partial charge in [0.25, 0.3) is 0 Å². The van der Waals surface area contributed by atoms with E-state index in [0.717, 1.165) is 37.4 Å². The van der Waals surface area contributed by atoms with Crippen molar-refractivity contribution in [1.82, 2.24) is 25.3 Å². The van der Waals surface area contributed by atoms with Gasteiger partial charge in [0.2, 0.25) is 0 Å². The highest BCUT2D eigenvalue weighted by Crippen LogP contribution is 2.21. The summed E-state index contributed by atoms with van der Waals surface area (Å²) >= 11 is 0. The van der Waals surface area contributed by atoms with Gasteiger partial charge >= 0.3 is 0 Å². The summed E-state index contributed by atoms with van der Waals surface area (Å²) in [6.07, 6.45) is 7.25. The van der Waals surface area contributed by atoms with Crippen LogP contribution < -0.4 is 10.6 Å². The van der Waals surface area contributed by atoms with E-state index >= 15 is 0 Å². The highest BCUT2D eigenvalue weighted by atomic mass is 15.1. The van der Waals surface area contributed by atoms with Crippen molar-refractivity contribution in [2.75, 3.05) is 18.4 Å². The Morgan fingerprint density at radius 1 is 1.18 bits per heavy atom. The molecule has 1 aliphatic heterocycles. The lowest BCUT2D eigenvalue weighted by atomic mass is 10.1. The van der Waals surface area contributed by atoms with Gasteiger partial charge in [-0.25, -0.2) is 15.0 Å². The van der Waals surface area contributed by atoms with Gasteiger partial charge in [-0.3, -0.25) is 4.98 Å². The van der Waals surface area contributed by atoms with E-state index in [1.807, 2.05) is 6.07 Å². The molecule has 2 aromatic heterocycles. The lowest BCUT2D eigenvalue weighted by Crippen LogP contribution is -2.35. The molecule has 0 saturated carbocycles. The van der Waals surface area contributed by atoms with Crippen molar-refractivity contribution in [3.63, 3.8) is 0 Å². The summed E-state index contributed by atoms with van der Waals surface area (Å²) in [5, 5.41) is 6.92. The standard InChI is InChI=1S/C16H22N6/c1-11(2)13-9-15(20-12-3-5-17-6-4-12)22-16(21-13)14-10-18-7-8-19-14/h7-12,17H,3-6H2,1-2H3,(H,20,21,22). The molecule has 0 radical (unpaired) electrons. The number of piperidine rings is 1. The van der Waals surface area contributed by atoms with Gasteiger partial charge < -0.3 is 10.6 Å². The van der Waals surface area contributed by atoms with Gasteiger partial charge in [-0.15, -0.1) is 0 Å². The fourth-order valence-electron chi connectivity index (χ4n) is 2.54. The number of hydrogen-bond donors (Lipinski definition) is 2. The first-order valence-electron chi connectivity index (χ1n) is 7.85. The van der Waals surface area contributed by atoms with E-state index in [-0.39, 0.29) is 0 Å². The van der Waals surface area contributed by atoms with E-state index in [1.165, 1.54) is 0 Å². The Morgan fingerprint density at radius 2 is 2.00 bits per heavy atom. The molecule has 6 nitrogen and oxygen atoms in total. The molecule has 0 atom stereocenters. The third-order valence-electron chi connectivity index (χ3n) is 3.82. The fourth-order valence-corrected chi connectivity index (χ4v) is 2.54. The molecule has 3 rings (SSSR count). The summed E-state index contributed by atoms with van der Waals surface area (Å²) in [5.74, 6) is 1.86. The molecule has 1 fully saturated rings. The van der Waals surface area contributed by atoms with Crippen LogP contribution in [0.15, 0.2) is 24.7 Å². The normalized spacial score (nSPS) is 16.0. The minimum Gasteiger partial charge on any atom is -0.367 e. The van der Waals surface area contributed by atoms with Gasteiger partial charge in [-0.1, -0.05) is 13.8 Å². The van der Waals surface area contributed by atoms with Crippen LogP contribution in [-0.2, 0) is 0 Å². The Kier molecular flexibility index (Phi) is 4.58. The summed E-state index contributed by atoms with van der Waals surface area (Å²) < 4.78 is 0. The molecule has 0 aliphatic carbocycles. The first-order valence-corrected chi connectivity index (χ1v) is 7.85. The summed E-state index contributed by atoms with van der Waals surface area (Å²) in [4.78, 5) is 17.7. The Balaban J connectivity index is 1.90. The average molecular weight is 298 g/mol. The van der Waals surface area contributed by atoms with Crippen LogP contribution in [0.3, 0.4) is 0 Å². The first-order chi connectivity index (χ1) is 10.7. The summed E-state index contributed by atoms with van der Waals surface area (Å²) in [6.45, 7) is 6.38. The second kappa shape index (κ2) is 6.79. The molecular weight excluding hydrogens is 276 g/mol. The minimum absolute atomic E-state index is 0.340. The van der Waals surface area contributed by atoms with Crippen LogP contribution in [0.4, 0.5) is 5.82 Å². The van der Waals surface area contributed by atoms with E-state index in [0.29, 0.717) is 23.5 Å². The molecular formula is C16H22N6. The second-order valence-corrected chi connectivity index (χ2v) is 5.92. The molecule has 1 saturated heterocycles. The SMILES string of the molecule is CC(C)c1cc(NC2CCNCC2)nc(-c2cnccn2)n1. The Hall–Kier alpha value is -2.08. The zero-order chi connectivity index (χ0) is 15.4. The van der Waals surface area contributed by atoms with Gasteiger partial charge in [0.1, 0.15) is 11.5 Å². The Labute approximate surface area is 130 Å². The number of hydrogen-bond acceptors (Lipinski definition) is 6. The number of aromatic nitrogens is 4. The van der Waals surface area contributed by atoms with Crippen molar-refractivity contribution in [2.24, 2.45) is 0 Å². The van der Waals surface area contributed by atoms with Crippen molar-refractivity contribution in [3.05, 3.63) is 30.4 Å². The lowest BCUT2D eigenvalue weighted by Gasteiger charge is -2.24. The summed E-state index contributed by atoms with van der Waals surface area (Å²) in [5.41, 5.74) is 1.73. The van der Waals surface area contributed by atoms with Crippen LogP contribution in [0.5, 0.6) is 0 Å². The topological polar surface area (TPSA) is 75.6 Å². The van der Waals surface area contributed by atoms with Gasteiger partial charge in [0.15, 0.2) is 5.82 Å². The maximum absolute atomic E-state index is 4.64. The lowest BCUT2D eigenvalue weighted by molar-refractivity contribution is 0.478. The van der Waals surface area contributed by atoms with Gasteiger partial charge in [-0.05, 0) is 31.8 Å². The van der Waals surface area contributed by atoms with E-state index < -0.39 is 0 Å². The first kappa shape index (κ1) is 14.8. The third kappa shape index (κ3) is 3.57. The molecule has 0 unspecified atom stereocenters. The zero-order valence-electron chi connectivity index (χ0n) is 13.1. The van der Waals surface area contributed by atoms with Crippen molar-refractivity contribution in [2.45, 2.75) is 38.6 Å². The van der Waals surface area contributed by atoms with Gasteiger partial charge in [0.05, 0.1) is 6.20 Å². The summed E-state index contributed by atoms with van der Waals surface area (Å²) in [6, 6.07) is 2.51. The molecule has 22 heavy (non-hydrogen) atoms. The maximum atomic E-state index is 4.64. The van der Waals surface area contributed by atoms with E-state index in [1.54, 1.807) is 18.6 Å². The number of anilines is 1. The molecule has 3 heterocycles. The smallest absolute Gasteiger partial charge is 0.182 e. The monoisotopic (exact) mass is 298 g/mol. The second-order valence-electron chi connectivity index (χ2n) is 5.92. The van der Waals surface area contributed by atoms with Crippen LogP contribution in [0, 0.1) is 0 Å². The van der Waals surface area contributed by atoms with Crippen LogP contribution in [-0.4, -0.2) is 39.1 Å². The van der Waals surface area contributed by atoms with Crippen LogP contribution in [0.25, 0.3) is 11.5 Å². The van der Waals surface area contributed by atoms with E-state index in [2.05, 4.69) is 44.4 Å². The number of rotatable bonds is 4. The van der Waals surface area contributed by atoms with E-state index in [4.69, 9.17) is 0 Å². The summed E-state index contributed by atoms with van der Waals surface area (Å²) in [7, 11) is 0. The largest absolute Gasteiger partial charge is 0.367 e. The predicted molar refractivity (Wildman–Crippen MR) is 86.7 cm³/mol. The highest BCUT2D eigenvalue weighted by Gasteiger charge is 2.16. The van der Waals surface area contributed by atoms with Crippen LogP contribution >= 0.6 is 0 Å². The third-order valence-corrected chi connectivity index (χ3v) is 3.82. The van der Waals surface area contributed by atoms with Crippen molar-refractivity contribution >= 4 is 5.82 Å². The van der Waals surface area contributed by atoms with Gasteiger partial charge in [0, 0.05) is 30.2 Å². The molecule has 0 bridgehead atoms. The van der Waals surface area contributed by atoms with E-state index in [9.17, 15) is 0 Å². The Bertz CT molecular complexity index is 607. The number of nitrogens with one attached hydrogen (secondary N) is 2. The maximum Gasteiger partial charge on any atom is 0.182 e. The fraction of sp³-hybridized carbons (Fsp3) is 0.500. The van der Waals surface area contributed by atoms with Crippen LogP contribution in [0.2, 0.25) is 0 Å². The molecule has 2 aromatic rings. The van der Waals surface area contributed by atoms with Crippen molar-refractivity contribution < 1.29 is 0 Å². The quantitative estimate of drug-likeness (QED) is 0.901. The van der Waals surface area contributed by atoms with Gasteiger partial charge in [-0.2, -0.15) is 0 Å². The van der Waals surface area contributed by atoms with Crippen molar-refractivity contribution in [3.8, 4) is 11.5 Å². The average Bonchev–Trinajstić information content (AvgIpc) is 2.56. The predicted octanol–water partition coefficient (Wildman–Crippen LogP) is 2.22. The Morgan fingerprint density at radius 3 is 2.68 bits per heavy atom. The number of nitrogens with zero attached hydrogens (tertiary/aromatic N) is 4. The molecule has 2 N–H and O–H groups in total. The molecule has 0 amide bonds. The van der Waals surface area contributed by atoms with Crippen LogP contribution in [0.1, 0.15) is 38.3 Å². The van der Waals surface area contributed by atoms with Crippen molar-refractivity contribution in [1.29, 1.82) is 0 Å². The highest BCUT2D eigenvalue weighted by molar-refractivity contribution is 5.52.